The molecule has 3 aromatic heterocycles. The van der Waals surface area contributed by atoms with Crippen LogP contribution in [0.3, 0.4) is 0 Å². The van der Waals surface area contributed by atoms with Crippen LogP contribution in [0, 0.1) is 12.7 Å². The minimum atomic E-state index is -1.07. The molecule has 228 valence electrons. The Morgan fingerprint density at radius 3 is 2.37 bits per heavy atom. The number of rotatable bonds is 7. The fraction of sp³-hybridized carbons (Fsp3) is 0.333. The van der Waals surface area contributed by atoms with Gasteiger partial charge in [-0.1, -0.05) is 36.4 Å². The zero-order valence-electron chi connectivity index (χ0n) is 23.9. The molecule has 0 atom stereocenters. The third-order valence-electron chi connectivity index (χ3n) is 7.98. The Morgan fingerprint density at radius 2 is 1.74 bits per heavy atom. The van der Waals surface area contributed by atoms with Crippen LogP contribution in [-0.4, -0.2) is 53.0 Å². The summed E-state index contributed by atoms with van der Waals surface area (Å²) in [5, 5.41) is 15.9. The van der Waals surface area contributed by atoms with E-state index in [1.54, 1.807) is 23.3 Å². The first kappa shape index (κ1) is 32.7. The molecule has 6 rings (SSSR count). The van der Waals surface area contributed by atoms with E-state index in [4.69, 9.17) is 5.73 Å². The van der Waals surface area contributed by atoms with Gasteiger partial charge in [0, 0.05) is 44.4 Å². The summed E-state index contributed by atoms with van der Waals surface area (Å²) >= 11 is 1.50. The van der Waals surface area contributed by atoms with Gasteiger partial charge in [0.2, 0.25) is 0 Å². The highest BCUT2D eigenvalue weighted by Crippen LogP contribution is 2.30. The molecule has 43 heavy (non-hydrogen) atoms. The van der Waals surface area contributed by atoms with E-state index in [-0.39, 0.29) is 48.3 Å². The third-order valence-corrected chi connectivity index (χ3v) is 8.96. The highest BCUT2D eigenvalue weighted by Gasteiger charge is 2.33. The van der Waals surface area contributed by atoms with Crippen molar-refractivity contribution in [2.45, 2.75) is 45.0 Å². The summed E-state index contributed by atoms with van der Waals surface area (Å²) in [7, 11) is 1.79. The molecule has 0 aliphatic carbocycles. The number of nitrogens with zero attached hydrogens (tertiary/aromatic N) is 6. The maximum absolute atomic E-state index is 15.0. The SMILES string of the molecule is Cc1ncsc1-c1ccc(CN2CCC(O)(Cn3cnc4c(-c5ccc(CN)cc5)n(C)nc4c3=O)CC2)c(F)c1.Cl.Cl. The van der Waals surface area contributed by atoms with Crippen LogP contribution in [0.1, 0.15) is 29.7 Å². The fourth-order valence-corrected chi connectivity index (χ4v) is 6.37. The second-order valence-corrected chi connectivity index (χ2v) is 11.7. The number of piperidine rings is 1. The number of aryl methyl sites for hydroxylation is 2. The van der Waals surface area contributed by atoms with E-state index in [0.717, 1.165) is 33.0 Å². The van der Waals surface area contributed by atoms with Crippen LogP contribution in [0.25, 0.3) is 32.7 Å². The minimum Gasteiger partial charge on any atom is -0.388 e. The van der Waals surface area contributed by atoms with Gasteiger partial charge in [0.1, 0.15) is 11.3 Å². The molecule has 5 aromatic rings. The average Bonchev–Trinajstić information content (AvgIpc) is 3.55. The van der Waals surface area contributed by atoms with Gasteiger partial charge in [-0.05, 0) is 37.0 Å². The van der Waals surface area contributed by atoms with Gasteiger partial charge >= 0.3 is 0 Å². The van der Waals surface area contributed by atoms with E-state index in [1.807, 2.05) is 43.3 Å². The minimum absolute atomic E-state index is 0. The van der Waals surface area contributed by atoms with Gasteiger partial charge in [0.25, 0.3) is 5.56 Å². The second-order valence-electron chi connectivity index (χ2n) is 10.8. The molecule has 0 unspecified atom stereocenters. The van der Waals surface area contributed by atoms with Crippen molar-refractivity contribution in [1.82, 2.24) is 29.2 Å². The number of fused-ring (bicyclic) bond motifs is 1. The molecule has 0 radical (unpaired) electrons. The lowest BCUT2D eigenvalue weighted by Crippen LogP contribution is -2.47. The molecule has 9 nitrogen and oxygen atoms in total. The van der Waals surface area contributed by atoms with Crippen LogP contribution in [0.5, 0.6) is 0 Å². The Bertz CT molecular complexity index is 1780. The molecule has 4 heterocycles. The third kappa shape index (κ3) is 6.52. The fourth-order valence-electron chi connectivity index (χ4n) is 5.57. The van der Waals surface area contributed by atoms with Crippen LogP contribution >= 0.6 is 36.2 Å². The first-order chi connectivity index (χ1) is 19.7. The Hall–Kier alpha value is -3.19. The summed E-state index contributed by atoms with van der Waals surface area (Å²) in [4.78, 5) is 25.3. The van der Waals surface area contributed by atoms with E-state index >= 15 is 0 Å². The number of aliphatic hydroxyl groups is 1. The smallest absolute Gasteiger partial charge is 0.281 e. The lowest BCUT2D eigenvalue weighted by molar-refractivity contribution is -0.0366. The molecular weight excluding hydrogens is 612 g/mol. The van der Waals surface area contributed by atoms with Crippen LogP contribution < -0.4 is 11.3 Å². The van der Waals surface area contributed by atoms with Crippen molar-refractivity contribution in [3.63, 3.8) is 0 Å². The van der Waals surface area contributed by atoms with Crippen molar-refractivity contribution < 1.29 is 9.50 Å². The first-order valence-corrected chi connectivity index (χ1v) is 14.5. The summed E-state index contributed by atoms with van der Waals surface area (Å²) in [6, 6.07) is 13.1. The lowest BCUT2D eigenvalue weighted by atomic mass is 9.91. The second kappa shape index (κ2) is 13.2. The molecule has 2 aromatic carbocycles. The van der Waals surface area contributed by atoms with E-state index < -0.39 is 5.60 Å². The summed E-state index contributed by atoms with van der Waals surface area (Å²) in [5.41, 5.74) is 11.9. The van der Waals surface area contributed by atoms with E-state index in [0.29, 0.717) is 50.1 Å². The normalized spacial score (nSPS) is 14.8. The van der Waals surface area contributed by atoms with Crippen molar-refractivity contribution in [3.8, 4) is 21.7 Å². The van der Waals surface area contributed by atoms with Gasteiger partial charge in [-0.15, -0.1) is 36.2 Å². The molecule has 3 N–H and O–H groups in total. The Labute approximate surface area is 265 Å². The Balaban J connectivity index is 0.00000212. The van der Waals surface area contributed by atoms with Gasteiger partial charge in [0.05, 0.1) is 40.2 Å². The topological polar surface area (TPSA) is 115 Å². The molecular formula is C30H34Cl2FN7O2S. The number of aromatic nitrogens is 5. The number of halogens is 3. The Morgan fingerprint density at radius 1 is 1.05 bits per heavy atom. The molecule has 0 bridgehead atoms. The van der Waals surface area contributed by atoms with Gasteiger partial charge in [-0.3, -0.25) is 18.9 Å². The zero-order chi connectivity index (χ0) is 28.7. The van der Waals surface area contributed by atoms with Crippen molar-refractivity contribution in [2.75, 3.05) is 13.1 Å². The molecule has 1 fully saturated rings. The molecule has 1 aliphatic heterocycles. The molecule has 0 saturated carbocycles. The number of thiazole rings is 1. The highest BCUT2D eigenvalue weighted by atomic mass is 35.5. The van der Waals surface area contributed by atoms with Crippen molar-refractivity contribution in [3.05, 3.63) is 87.3 Å². The Kier molecular flexibility index (Phi) is 10.1. The van der Waals surface area contributed by atoms with Crippen LogP contribution in [0.15, 0.2) is 59.1 Å². The van der Waals surface area contributed by atoms with Crippen molar-refractivity contribution in [1.29, 1.82) is 0 Å². The standard InChI is InChI=1S/C30H32FN7O2S.2ClH/c1-19-28(41-18-34-19)22-7-8-23(24(31)13-22)15-37-11-9-30(40,10-12-37)16-38-17-33-25-26(29(38)39)35-36(2)27(25)21-5-3-20(14-32)4-6-21;;/h3-8,13,17-18,40H,9-12,14-16,32H2,1-2H3;2*1H. The van der Waals surface area contributed by atoms with Gasteiger partial charge in [-0.2, -0.15) is 5.10 Å². The molecule has 1 saturated heterocycles. The summed E-state index contributed by atoms with van der Waals surface area (Å²) < 4.78 is 18.1. The summed E-state index contributed by atoms with van der Waals surface area (Å²) in [6.07, 6.45) is 2.41. The van der Waals surface area contributed by atoms with Crippen molar-refractivity contribution in [2.24, 2.45) is 12.8 Å². The molecule has 1 aliphatic rings. The number of benzene rings is 2. The average molecular weight is 647 g/mol. The summed E-state index contributed by atoms with van der Waals surface area (Å²) in [5.74, 6) is -0.243. The monoisotopic (exact) mass is 645 g/mol. The predicted octanol–water partition coefficient (Wildman–Crippen LogP) is 4.70. The zero-order valence-corrected chi connectivity index (χ0v) is 26.3. The maximum Gasteiger partial charge on any atom is 0.281 e. The number of hydrogen-bond acceptors (Lipinski definition) is 8. The quantitative estimate of drug-likeness (QED) is 0.264. The first-order valence-electron chi connectivity index (χ1n) is 13.6. The number of likely N-dealkylation sites (tertiary alicyclic amines) is 1. The van der Waals surface area contributed by atoms with E-state index in [9.17, 15) is 14.3 Å². The van der Waals surface area contributed by atoms with Crippen molar-refractivity contribution >= 4 is 47.2 Å². The van der Waals surface area contributed by atoms with Gasteiger partial charge in [0.15, 0.2) is 5.52 Å². The molecule has 0 amide bonds. The molecule has 13 heteroatoms. The predicted molar refractivity (Wildman–Crippen MR) is 172 cm³/mol. The van der Waals surface area contributed by atoms with Crippen LogP contribution in [0.4, 0.5) is 4.39 Å². The number of hydrogen-bond donors (Lipinski definition) is 2. The maximum atomic E-state index is 15.0. The van der Waals surface area contributed by atoms with Crippen LogP contribution in [0.2, 0.25) is 0 Å². The molecule has 0 spiro atoms. The largest absolute Gasteiger partial charge is 0.388 e. The van der Waals surface area contributed by atoms with E-state index in [1.165, 1.54) is 22.2 Å². The van der Waals surface area contributed by atoms with Gasteiger partial charge in [-0.25, -0.2) is 14.4 Å². The number of nitrogens with two attached hydrogens (primary N) is 1. The highest BCUT2D eigenvalue weighted by molar-refractivity contribution is 7.13. The summed E-state index contributed by atoms with van der Waals surface area (Å²) in [6.45, 7) is 4.13. The lowest BCUT2D eigenvalue weighted by Gasteiger charge is -2.38. The van der Waals surface area contributed by atoms with Gasteiger partial charge < -0.3 is 10.8 Å². The van der Waals surface area contributed by atoms with Crippen LogP contribution in [-0.2, 0) is 26.7 Å². The van der Waals surface area contributed by atoms with E-state index in [2.05, 4.69) is 20.0 Å².